The second-order valence-corrected chi connectivity index (χ2v) is 7.81. The number of benzene rings is 1. The van der Waals surface area contributed by atoms with Gasteiger partial charge in [0.1, 0.15) is 10.4 Å². The lowest BCUT2D eigenvalue weighted by atomic mass is 10.0. The summed E-state index contributed by atoms with van der Waals surface area (Å²) in [6, 6.07) is 5.30. The molecule has 142 valence electrons. The lowest BCUT2D eigenvalue weighted by Crippen LogP contribution is -2.45. The Hall–Kier alpha value is -1.60. The molecular weight excluding hydrogens is 368 g/mol. The Kier molecular flexibility index (Phi) is 7.46. The standard InChI is InChI=1S/C19H26N2O3S2/c1-5-20(6-2)19(25)26-12-16(22)21(15-10-11-24-18(15)23)17-13(3)8-7-9-14(17)4/h7-9,15H,5-6,10-12H2,1-4H3/t15-/m0/s1. The normalized spacial score (nSPS) is 16.3. The van der Waals surface area contributed by atoms with Gasteiger partial charge in [-0.05, 0) is 38.8 Å². The van der Waals surface area contributed by atoms with Gasteiger partial charge in [0.2, 0.25) is 5.91 Å². The number of esters is 1. The maximum absolute atomic E-state index is 13.1. The Labute approximate surface area is 165 Å². The quantitative estimate of drug-likeness (QED) is 0.545. The van der Waals surface area contributed by atoms with Crippen LogP contribution in [-0.4, -0.2) is 52.6 Å². The molecule has 0 aliphatic carbocycles. The van der Waals surface area contributed by atoms with Crippen molar-refractivity contribution < 1.29 is 14.3 Å². The van der Waals surface area contributed by atoms with Crippen molar-refractivity contribution in [2.75, 3.05) is 30.3 Å². The topological polar surface area (TPSA) is 49.9 Å². The zero-order valence-corrected chi connectivity index (χ0v) is 17.4. The molecule has 1 aliphatic heterocycles. The van der Waals surface area contributed by atoms with Gasteiger partial charge >= 0.3 is 5.97 Å². The van der Waals surface area contributed by atoms with Crippen molar-refractivity contribution in [1.29, 1.82) is 0 Å². The van der Waals surface area contributed by atoms with Gasteiger partial charge in [-0.3, -0.25) is 9.69 Å². The summed E-state index contributed by atoms with van der Waals surface area (Å²) in [5, 5.41) is 0. The zero-order chi connectivity index (χ0) is 19.3. The van der Waals surface area contributed by atoms with E-state index in [2.05, 4.69) is 0 Å². The van der Waals surface area contributed by atoms with Crippen molar-refractivity contribution in [3.63, 3.8) is 0 Å². The molecule has 1 amide bonds. The molecule has 1 saturated heterocycles. The van der Waals surface area contributed by atoms with Crippen LogP contribution in [0.4, 0.5) is 5.69 Å². The average Bonchev–Trinajstić information content (AvgIpc) is 3.03. The number of cyclic esters (lactones) is 1. The molecule has 1 aliphatic rings. The van der Waals surface area contributed by atoms with Crippen LogP contribution in [0.25, 0.3) is 0 Å². The smallest absolute Gasteiger partial charge is 0.329 e. The fraction of sp³-hybridized carbons (Fsp3) is 0.526. The molecule has 0 saturated carbocycles. The van der Waals surface area contributed by atoms with Crippen LogP contribution in [0.3, 0.4) is 0 Å². The molecule has 1 aromatic carbocycles. The maximum Gasteiger partial charge on any atom is 0.329 e. The van der Waals surface area contributed by atoms with Crippen LogP contribution >= 0.6 is 24.0 Å². The van der Waals surface area contributed by atoms with Crippen LogP contribution in [-0.2, 0) is 14.3 Å². The molecule has 5 nitrogen and oxygen atoms in total. The van der Waals surface area contributed by atoms with E-state index >= 15 is 0 Å². The molecule has 0 bridgehead atoms. The summed E-state index contributed by atoms with van der Waals surface area (Å²) in [6.07, 6.45) is 0.517. The first-order chi connectivity index (χ1) is 12.4. The molecule has 1 aromatic rings. The molecule has 0 radical (unpaired) electrons. The zero-order valence-electron chi connectivity index (χ0n) is 15.8. The van der Waals surface area contributed by atoms with Crippen LogP contribution in [0.2, 0.25) is 0 Å². The van der Waals surface area contributed by atoms with Crippen LogP contribution in [0.15, 0.2) is 18.2 Å². The van der Waals surface area contributed by atoms with Gasteiger partial charge < -0.3 is 9.64 Å². The number of carbonyl (C=O) groups is 2. The second-order valence-electron chi connectivity index (χ2n) is 6.20. The molecule has 0 N–H and O–H groups in total. The van der Waals surface area contributed by atoms with Gasteiger partial charge in [0, 0.05) is 19.5 Å². The number of ether oxygens (including phenoxy) is 1. The molecule has 0 spiro atoms. The maximum atomic E-state index is 13.1. The number of rotatable bonds is 6. The van der Waals surface area contributed by atoms with Crippen molar-refractivity contribution in [3.8, 4) is 0 Å². The number of carbonyl (C=O) groups excluding carboxylic acids is 2. The van der Waals surface area contributed by atoms with Gasteiger partial charge in [0.05, 0.1) is 18.0 Å². The summed E-state index contributed by atoms with van der Waals surface area (Å²) in [4.78, 5) is 29.0. The number of hydrogen-bond donors (Lipinski definition) is 0. The third kappa shape index (κ3) is 4.57. The Morgan fingerprint density at radius 1 is 1.27 bits per heavy atom. The molecule has 7 heteroatoms. The van der Waals surface area contributed by atoms with E-state index in [9.17, 15) is 9.59 Å². The predicted molar refractivity (Wildman–Crippen MR) is 111 cm³/mol. The minimum absolute atomic E-state index is 0.120. The first-order valence-electron chi connectivity index (χ1n) is 8.87. The number of anilines is 1. The van der Waals surface area contributed by atoms with E-state index in [1.807, 2.05) is 50.8 Å². The second kappa shape index (κ2) is 9.37. The Morgan fingerprint density at radius 2 is 1.88 bits per heavy atom. The number of thiocarbonyl (C=S) groups is 1. The van der Waals surface area contributed by atoms with E-state index in [1.54, 1.807) is 4.90 Å². The highest BCUT2D eigenvalue weighted by molar-refractivity contribution is 8.23. The lowest BCUT2D eigenvalue weighted by Gasteiger charge is -2.30. The molecule has 2 rings (SSSR count). The third-order valence-electron chi connectivity index (χ3n) is 4.51. The minimum atomic E-state index is -0.565. The highest BCUT2D eigenvalue weighted by Crippen LogP contribution is 2.30. The van der Waals surface area contributed by atoms with Crippen molar-refractivity contribution in [2.24, 2.45) is 0 Å². The monoisotopic (exact) mass is 394 g/mol. The van der Waals surface area contributed by atoms with Crippen molar-refractivity contribution in [3.05, 3.63) is 29.3 Å². The van der Waals surface area contributed by atoms with Gasteiger partial charge in [-0.25, -0.2) is 4.79 Å². The van der Waals surface area contributed by atoms with Crippen molar-refractivity contribution in [2.45, 2.75) is 40.2 Å². The molecule has 1 fully saturated rings. The third-order valence-corrected chi connectivity index (χ3v) is 6.02. The molecule has 26 heavy (non-hydrogen) atoms. The summed E-state index contributed by atoms with van der Waals surface area (Å²) >= 11 is 6.78. The van der Waals surface area contributed by atoms with Crippen LogP contribution < -0.4 is 4.90 Å². The van der Waals surface area contributed by atoms with Crippen LogP contribution in [0.1, 0.15) is 31.4 Å². The average molecular weight is 395 g/mol. The number of para-hydroxylation sites is 1. The highest BCUT2D eigenvalue weighted by Gasteiger charge is 2.37. The number of amides is 1. The number of thioether (sulfide) groups is 1. The van der Waals surface area contributed by atoms with Gasteiger partial charge in [0.15, 0.2) is 0 Å². The van der Waals surface area contributed by atoms with Gasteiger partial charge in [-0.15, -0.1) is 0 Å². The first kappa shape index (κ1) is 20.7. The molecule has 1 atom stereocenters. The molecule has 1 heterocycles. The van der Waals surface area contributed by atoms with Gasteiger partial charge in [0.25, 0.3) is 0 Å². The summed E-state index contributed by atoms with van der Waals surface area (Å²) in [7, 11) is 0. The predicted octanol–water partition coefficient (Wildman–Crippen LogP) is 3.31. The highest BCUT2D eigenvalue weighted by atomic mass is 32.2. The van der Waals surface area contributed by atoms with E-state index in [0.29, 0.717) is 17.3 Å². The van der Waals surface area contributed by atoms with E-state index in [1.165, 1.54) is 11.8 Å². The summed E-state index contributed by atoms with van der Waals surface area (Å²) in [6.45, 7) is 9.96. The fourth-order valence-corrected chi connectivity index (χ4v) is 4.39. The SMILES string of the molecule is CCN(CC)C(=S)SCC(=O)N(c1c(C)cccc1C)[C@H]1CCOC1=O. The number of aryl methyl sites for hydroxylation is 2. The number of hydrogen-bond acceptors (Lipinski definition) is 5. The van der Waals surface area contributed by atoms with Crippen molar-refractivity contribution in [1.82, 2.24) is 4.90 Å². The summed E-state index contributed by atoms with van der Waals surface area (Å²) in [5.41, 5.74) is 2.74. The van der Waals surface area contributed by atoms with E-state index in [4.69, 9.17) is 17.0 Å². The fourth-order valence-electron chi connectivity index (χ4n) is 3.13. The Balaban J connectivity index is 2.25. The van der Waals surface area contributed by atoms with Crippen LogP contribution in [0, 0.1) is 13.8 Å². The van der Waals surface area contributed by atoms with E-state index in [0.717, 1.165) is 29.9 Å². The van der Waals surface area contributed by atoms with Crippen molar-refractivity contribution >= 4 is 45.9 Å². The minimum Gasteiger partial charge on any atom is -0.464 e. The Bertz CT molecular complexity index is 669. The van der Waals surface area contributed by atoms with E-state index in [-0.39, 0.29) is 17.6 Å². The summed E-state index contributed by atoms with van der Waals surface area (Å²) < 4.78 is 5.83. The molecular formula is C19H26N2O3S2. The Morgan fingerprint density at radius 3 is 2.38 bits per heavy atom. The molecule has 0 unspecified atom stereocenters. The number of nitrogens with zero attached hydrogens (tertiary/aromatic N) is 2. The van der Waals surface area contributed by atoms with E-state index < -0.39 is 6.04 Å². The lowest BCUT2D eigenvalue weighted by molar-refractivity contribution is -0.140. The first-order valence-corrected chi connectivity index (χ1v) is 10.3. The largest absolute Gasteiger partial charge is 0.464 e. The summed E-state index contributed by atoms with van der Waals surface area (Å²) in [5.74, 6) is -0.254. The van der Waals surface area contributed by atoms with Gasteiger partial charge in [-0.1, -0.05) is 42.2 Å². The molecule has 0 aromatic heterocycles. The van der Waals surface area contributed by atoms with Crippen LogP contribution in [0.5, 0.6) is 0 Å². The van der Waals surface area contributed by atoms with Gasteiger partial charge in [-0.2, -0.15) is 0 Å².